The second kappa shape index (κ2) is 8.08. The minimum absolute atomic E-state index is 0. The zero-order valence-electron chi connectivity index (χ0n) is 10.8. The third-order valence-electron chi connectivity index (χ3n) is 2.55. The summed E-state index contributed by atoms with van der Waals surface area (Å²) in [4.78, 5) is 16.4. The summed E-state index contributed by atoms with van der Waals surface area (Å²) >= 11 is 0. The minimum atomic E-state index is -0.0950. The number of pyridine rings is 1. The second-order valence-corrected chi connectivity index (χ2v) is 3.82. The molecule has 95 valence electrons. The van der Waals surface area contributed by atoms with E-state index < -0.39 is 0 Å². The first-order chi connectivity index (χ1) is 8.83. The van der Waals surface area contributed by atoms with Gasteiger partial charge in [-0.3, -0.25) is 9.78 Å². The number of aromatic nitrogens is 1. The molecular formula is C15H15N2OY-. The third kappa shape index (κ3) is 4.15. The monoisotopic (exact) mass is 328 g/mol. The van der Waals surface area contributed by atoms with Crippen molar-refractivity contribution in [3.8, 4) is 0 Å². The summed E-state index contributed by atoms with van der Waals surface area (Å²) in [6.07, 6.45) is 1.69. The molecule has 0 saturated heterocycles. The molecule has 0 aliphatic heterocycles. The maximum atomic E-state index is 12.2. The molecule has 0 aliphatic carbocycles. The van der Waals surface area contributed by atoms with Crippen LogP contribution in [-0.4, -0.2) is 17.4 Å². The molecule has 0 saturated carbocycles. The molecule has 1 heterocycles. The third-order valence-corrected chi connectivity index (χ3v) is 2.55. The molecule has 2 aromatic rings. The quantitative estimate of drug-likeness (QED) is 0.874. The van der Waals surface area contributed by atoms with E-state index in [1.54, 1.807) is 6.20 Å². The first-order valence-electron chi connectivity index (χ1n) is 5.95. The maximum Gasteiger partial charge on any atom is 0.211 e. The molecule has 0 aliphatic rings. The van der Waals surface area contributed by atoms with Crippen LogP contribution in [0, 0.1) is 5.92 Å². The average molecular weight is 328 g/mol. The van der Waals surface area contributed by atoms with E-state index in [1.165, 1.54) is 0 Å². The van der Waals surface area contributed by atoms with Crippen LogP contribution in [0.15, 0.2) is 54.7 Å². The number of hydrogen-bond donors (Lipinski definition) is 1. The maximum absolute atomic E-state index is 12.2. The summed E-state index contributed by atoms with van der Waals surface area (Å²) < 4.78 is 0. The summed E-state index contributed by atoms with van der Waals surface area (Å²) in [7, 11) is 0. The largest absolute Gasteiger partial charge is 0.360 e. The molecule has 0 unspecified atom stereocenters. The Kier molecular flexibility index (Phi) is 6.75. The van der Waals surface area contributed by atoms with E-state index in [0.717, 1.165) is 5.56 Å². The van der Waals surface area contributed by atoms with Crippen molar-refractivity contribution in [1.29, 1.82) is 0 Å². The normalized spacial score (nSPS) is 9.32. The molecule has 0 fully saturated rings. The molecule has 1 aromatic heterocycles. The summed E-state index contributed by atoms with van der Waals surface area (Å²) in [5.41, 5.74) is 1.57. The number of carbonyl (C=O) groups excluding carboxylic acids is 1. The Morgan fingerprint density at radius 2 is 1.84 bits per heavy atom. The van der Waals surface area contributed by atoms with Crippen LogP contribution in [0.4, 0.5) is 0 Å². The molecular weight excluding hydrogens is 313 g/mol. The first-order valence-corrected chi connectivity index (χ1v) is 5.95. The van der Waals surface area contributed by atoms with E-state index in [-0.39, 0.29) is 38.6 Å². The summed E-state index contributed by atoms with van der Waals surface area (Å²) in [6.45, 7) is 2.50. The second-order valence-electron chi connectivity index (χ2n) is 3.82. The number of amides is 1. The van der Waals surface area contributed by atoms with Crippen molar-refractivity contribution in [2.45, 2.75) is 6.92 Å². The molecule has 2 rings (SSSR count). The van der Waals surface area contributed by atoms with Gasteiger partial charge < -0.3 is 5.32 Å². The Bertz CT molecular complexity index is 463. The molecule has 0 atom stereocenters. The Morgan fingerprint density at radius 3 is 2.42 bits per heavy atom. The summed E-state index contributed by atoms with van der Waals surface area (Å²) in [5.74, 6) is 0.514. The molecule has 1 N–H and O–H groups in total. The fourth-order valence-electron chi connectivity index (χ4n) is 1.76. The van der Waals surface area contributed by atoms with Crippen LogP contribution < -0.4 is 5.32 Å². The van der Waals surface area contributed by atoms with Gasteiger partial charge in [0.15, 0.2) is 0 Å². The molecule has 1 aromatic carbocycles. The summed E-state index contributed by atoms with van der Waals surface area (Å²) in [5, 5.41) is 2.83. The number of carbonyl (C=O) groups is 1. The molecule has 1 amide bonds. The van der Waals surface area contributed by atoms with Crippen molar-refractivity contribution in [3.05, 3.63) is 71.9 Å². The number of nitrogens with one attached hydrogen (secondary N) is 1. The molecule has 0 spiro atoms. The van der Waals surface area contributed by atoms with E-state index >= 15 is 0 Å². The van der Waals surface area contributed by atoms with E-state index in [2.05, 4.69) is 10.3 Å². The number of benzene rings is 1. The first kappa shape index (κ1) is 15.9. The Labute approximate surface area is 138 Å². The van der Waals surface area contributed by atoms with Gasteiger partial charge in [-0.25, -0.2) is 0 Å². The Morgan fingerprint density at radius 1 is 1.16 bits per heavy atom. The van der Waals surface area contributed by atoms with E-state index in [9.17, 15) is 4.79 Å². The SMILES string of the molecule is CCNC(=O)[C-](c1ccccc1)c1ccccn1.[Y]. The van der Waals surface area contributed by atoms with E-state index in [4.69, 9.17) is 0 Å². The standard InChI is InChI=1S/C15H15N2O.Y/c1-2-16-15(18)14(12-8-4-3-5-9-12)13-10-6-7-11-17-13;/h3-11H,2H2,1H3,(H,16,18);/q-1;. The van der Waals surface area contributed by atoms with Crippen molar-refractivity contribution in [2.24, 2.45) is 0 Å². The Hall–Kier alpha value is -1.19. The smallest absolute Gasteiger partial charge is 0.211 e. The van der Waals surface area contributed by atoms with Gasteiger partial charge in [0.25, 0.3) is 0 Å². The van der Waals surface area contributed by atoms with Crippen LogP contribution in [0.3, 0.4) is 0 Å². The number of hydrogen-bond acceptors (Lipinski definition) is 2. The van der Waals surface area contributed by atoms with Gasteiger partial charge in [-0.05, 0) is 18.5 Å². The van der Waals surface area contributed by atoms with Gasteiger partial charge in [-0.15, -0.1) is 35.9 Å². The molecule has 4 heteroatoms. The van der Waals surface area contributed by atoms with Crippen LogP contribution >= 0.6 is 0 Å². The van der Waals surface area contributed by atoms with Crippen molar-refractivity contribution >= 4 is 5.91 Å². The zero-order valence-corrected chi connectivity index (χ0v) is 13.7. The molecule has 1 radical (unpaired) electrons. The average Bonchev–Trinajstić information content (AvgIpc) is 2.42. The van der Waals surface area contributed by atoms with Crippen molar-refractivity contribution in [3.63, 3.8) is 0 Å². The zero-order chi connectivity index (χ0) is 12.8. The van der Waals surface area contributed by atoms with E-state index in [1.807, 2.05) is 55.5 Å². The minimum Gasteiger partial charge on any atom is -0.360 e. The van der Waals surface area contributed by atoms with Gasteiger partial charge in [0.1, 0.15) is 0 Å². The Balaban J connectivity index is 0.00000180. The van der Waals surface area contributed by atoms with Crippen molar-refractivity contribution < 1.29 is 37.5 Å². The fourth-order valence-corrected chi connectivity index (χ4v) is 1.76. The molecule has 3 nitrogen and oxygen atoms in total. The predicted molar refractivity (Wildman–Crippen MR) is 70.8 cm³/mol. The van der Waals surface area contributed by atoms with Gasteiger partial charge in [0, 0.05) is 45.5 Å². The van der Waals surface area contributed by atoms with E-state index in [0.29, 0.717) is 18.2 Å². The molecule has 0 bridgehead atoms. The van der Waals surface area contributed by atoms with Crippen molar-refractivity contribution in [1.82, 2.24) is 10.3 Å². The van der Waals surface area contributed by atoms with Crippen LogP contribution in [0.25, 0.3) is 0 Å². The summed E-state index contributed by atoms with van der Waals surface area (Å²) in [6, 6.07) is 15.1. The number of nitrogens with zero attached hydrogens (tertiary/aromatic N) is 1. The number of likely N-dealkylation sites (N-methyl/N-ethyl adjacent to an activating group) is 1. The van der Waals surface area contributed by atoms with Gasteiger partial charge in [0.05, 0.1) is 0 Å². The van der Waals surface area contributed by atoms with Crippen LogP contribution in [0.1, 0.15) is 18.2 Å². The topological polar surface area (TPSA) is 42.0 Å². The van der Waals surface area contributed by atoms with Crippen LogP contribution in [0.2, 0.25) is 0 Å². The fraction of sp³-hybridized carbons (Fsp3) is 0.133. The van der Waals surface area contributed by atoms with Crippen LogP contribution in [0.5, 0.6) is 0 Å². The van der Waals surface area contributed by atoms with Gasteiger partial charge >= 0.3 is 0 Å². The molecule has 19 heavy (non-hydrogen) atoms. The van der Waals surface area contributed by atoms with Crippen molar-refractivity contribution in [2.75, 3.05) is 6.54 Å². The van der Waals surface area contributed by atoms with Crippen LogP contribution in [-0.2, 0) is 37.5 Å². The van der Waals surface area contributed by atoms with Gasteiger partial charge in [-0.1, -0.05) is 18.2 Å². The predicted octanol–water partition coefficient (Wildman–Crippen LogP) is 2.19. The van der Waals surface area contributed by atoms with Gasteiger partial charge in [-0.2, -0.15) is 0 Å². The van der Waals surface area contributed by atoms with Gasteiger partial charge in [0.2, 0.25) is 5.91 Å². The number of rotatable bonds is 4.